The minimum Gasteiger partial charge on any atom is -0.595 e. The highest BCUT2D eigenvalue weighted by Crippen LogP contribution is 2.46. The number of sulfonamides is 1. The maximum Gasteiger partial charge on any atom is 0.407 e. The van der Waals surface area contributed by atoms with Gasteiger partial charge in [0.25, 0.3) is 15.9 Å². The predicted molar refractivity (Wildman–Crippen MR) is 274 cm³/mol. The summed E-state index contributed by atoms with van der Waals surface area (Å²) in [6.45, 7) is 7.87. The van der Waals surface area contributed by atoms with Crippen molar-refractivity contribution in [3.8, 4) is 33.9 Å². The zero-order valence-corrected chi connectivity index (χ0v) is 42.0. The molecule has 74 heavy (non-hydrogen) atoms. The summed E-state index contributed by atoms with van der Waals surface area (Å²) in [7, 11) is -2.83. The molecule has 1 aliphatic heterocycles. The normalized spacial score (nSPS) is 19.6. The molecule has 9 rings (SSSR count). The van der Waals surface area contributed by atoms with Gasteiger partial charge in [0, 0.05) is 46.9 Å². The van der Waals surface area contributed by atoms with Crippen molar-refractivity contribution in [3.63, 3.8) is 0 Å². The van der Waals surface area contributed by atoms with Crippen molar-refractivity contribution in [2.75, 3.05) is 26.8 Å². The van der Waals surface area contributed by atoms with E-state index in [0.717, 1.165) is 27.8 Å². The number of ether oxygens (including phenoxy) is 4. The lowest BCUT2D eigenvalue weighted by atomic mass is 9.98. The highest BCUT2D eigenvalue weighted by atomic mass is 32.2. The van der Waals surface area contributed by atoms with Crippen molar-refractivity contribution < 1.29 is 51.6 Å². The van der Waals surface area contributed by atoms with Crippen LogP contribution in [0.15, 0.2) is 156 Å². The van der Waals surface area contributed by atoms with Gasteiger partial charge in [0.2, 0.25) is 11.8 Å². The first-order valence-electron chi connectivity index (χ1n) is 24.1. The van der Waals surface area contributed by atoms with Crippen LogP contribution in [0.5, 0.6) is 11.5 Å². The number of nitrogens with one attached hydrogen (secondary N) is 3. The lowest BCUT2D eigenvalue weighted by Crippen LogP contribution is -2.57. The number of amides is 4. The topological polar surface area (TPSA) is 227 Å². The van der Waals surface area contributed by atoms with Gasteiger partial charge in [0.05, 0.1) is 36.3 Å². The van der Waals surface area contributed by atoms with Crippen LogP contribution < -0.4 is 29.9 Å². The Labute approximate surface area is 428 Å². The molecule has 5 aromatic carbocycles. The molecule has 3 aliphatic rings. The summed E-state index contributed by atoms with van der Waals surface area (Å²) >= 11 is 0. The Morgan fingerprint density at radius 2 is 1.55 bits per heavy atom. The third kappa shape index (κ3) is 10.8. The van der Waals surface area contributed by atoms with E-state index in [-0.39, 0.29) is 36.8 Å². The number of likely N-dealkylation sites (tertiary alicyclic amines) is 1. The van der Waals surface area contributed by atoms with Crippen LogP contribution in [-0.4, -0.2) is 104 Å². The Morgan fingerprint density at radius 1 is 0.905 bits per heavy atom. The highest BCUT2D eigenvalue weighted by molar-refractivity contribution is 7.90. The molecule has 0 radical (unpaired) electrons. The lowest BCUT2D eigenvalue weighted by molar-refractivity contribution is -0.261. The molecule has 1 aromatic heterocycles. The standard InChI is InChI=1S/C56H56N6O11S/c1-6-35-30-56(35,52(65)61-74(68,69)38-19-11-8-12-20-38)60-50(63)48-28-37(72-49-29-45(34-17-9-7-10-18-34)58-46-27-36(70-5)25-26-43(46)49)32-62(48)51(64)47(59-54(67)73-55(2,3)4)31-57-53(66)71-33-44-41-23-15-13-21-39(41)40-22-14-16-24-42(40)44/h6-27,29,35,37,44,47-48H,1,28,30-33H2,2-5H3,(H,57,66)(H,59,67)(H,60,63)(H,61,65)/p-1/t35-,37-,47?,48+,56-/m1/s1. The quantitative estimate of drug-likeness (QED) is 0.0555. The molecule has 1 saturated carbocycles. The second kappa shape index (κ2) is 20.7. The molecule has 382 valence electrons. The maximum absolute atomic E-state index is 15.1. The second-order valence-corrected chi connectivity index (χ2v) is 21.0. The Kier molecular flexibility index (Phi) is 14.2. The van der Waals surface area contributed by atoms with Gasteiger partial charge in [-0.25, -0.2) is 22.9 Å². The molecule has 18 heteroatoms. The fourth-order valence-corrected chi connectivity index (χ4v) is 10.6. The van der Waals surface area contributed by atoms with E-state index in [4.69, 9.17) is 23.9 Å². The summed E-state index contributed by atoms with van der Waals surface area (Å²) in [5.74, 6) is -2.71. The molecular weight excluding hydrogens is 965 g/mol. The molecule has 1 saturated heterocycles. The second-order valence-electron chi connectivity index (χ2n) is 19.3. The minimum absolute atomic E-state index is 0.00830. The van der Waals surface area contributed by atoms with E-state index >= 15 is 4.79 Å². The Morgan fingerprint density at radius 3 is 2.19 bits per heavy atom. The van der Waals surface area contributed by atoms with E-state index in [2.05, 4.69) is 26.9 Å². The molecule has 0 spiro atoms. The average molecular weight is 1020 g/mol. The van der Waals surface area contributed by atoms with Gasteiger partial charge < -0.3 is 39.6 Å². The number of alkyl carbamates (subject to hydrolysis) is 1. The van der Waals surface area contributed by atoms with Crippen LogP contribution in [0.2, 0.25) is 0 Å². The number of benzene rings is 5. The van der Waals surface area contributed by atoms with Crippen molar-refractivity contribution in [2.24, 2.45) is 10.9 Å². The summed E-state index contributed by atoms with van der Waals surface area (Å²) in [4.78, 5) is 67.6. The summed E-state index contributed by atoms with van der Waals surface area (Å²) in [5.41, 5.74) is 3.16. The molecule has 2 fully saturated rings. The maximum atomic E-state index is 15.1. The SMILES string of the molecule is C=C[C@@H]1C[C@]1(NC(=O)[C@@H]1C[C@@H](Oc2cc(-c3ccccc3)nc3cc(OC)ccc23)CN1C(=O)C(CNC(=O)OCC1c2ccccc2-c2ccccc21)N=C([O-])OC(C)(C)C)C(=O)NS(=O)(=O)c1ccccc1. The molecular formula is C56H55N6O11S-. The number of carbonyl (C=O) groups excluding carboxylic acids is 4. The number of hydrogen-bond acceptors (Lipinski definition) is 13. The van der Waals surface area contributed by atoms with Gasteiger partial charge in [-0.2, -0.15) is 0 Å². The van der Waals surface area contributed by atoms with Gasteiger partial charge in [0.15, 0.2) is 0 Å². The van der Waals surface area contributed by atoms with Crippen molar-refractivity contribution >= 4 is 50.8 Å². The van der Waals surface area contributed by atoms with Crippen LogP contribution in [-0.2, 0) is 33.9 Å². The molecule has 1 unspecified atom stereocenters. The van der Waals surface area contributed by atoms with Gasteiger partial charge in [0.1, 0.15) is 47.9 Å². The first kappa shape index (κ1) is 50.7. The first-order chi connectivity index (χ1) is 35.5. The number of pyridine rings is 1. The number of aromatic nitrogens is 1. The lowest BCUT2D eigenvalue weighted by Gasteiger charge is -2.31. The number of aliphatic imine (C=N–C) groups is 1. The Bertz CT molecular complexity index is 3230. The Balaban J connectivity index is 1.02. The zero-order valence-electron chi connectivity index (χ0n) is 41.1. The summed E-state index contributed by atoms with van der Waals surface area (Å²) in [5, 5.41) is 19.4. The number of hydrogen-bond donors (Lipinski definition) is 3. The van der Waals surface area contributed by atoms with Gasteiger partial charge in [-0.05, 0) is 52.9 Å². The van der Waals surface area contributed by atoms with Crippen LogP contribution in [0.25, 0.3) is 33.3 Å². The van der Waals surface area contributed by atoms with Gasteiger partial charge in [-0.1, -0.05) is 124 Å². The van der Waals surface area contributed by atoms with Crippen LogP contribution in [0.4, 0.5) is 4.79 Å². The highest BCUT2D eigenvalue weighted by Gasteiger charge is 2.61. The number of carbonyl (C=O) groups is 4. The van der Waals surface area contributed by atoms with E-state index < -0.39 is 81.7 Å². The molecule has 5 atom stereocenters. The monoisotopic (exact) mass is 1020 g/mol. The largest absolute Gasteiger partial charge is 0.595 e. The van der Waals surface area contributed by atoms with E-state index in [1.165, 1.54) is 35.2 Å². The zero-order chi connectivity index (χ0) is 52.4. The van der Waals surface area contributed by atoms with Gasteiger partial charge in [-0.3, -0.25) is 19.4 Å². The number of nitrogens with zero attached hydrogens (tertiary/aromatic N) is 3. The van der Waals surface area contributed by atoms with Crippen molar-refractivity contribution in [1.82, 2.24) is 25.2 Å². The molecule has 6 aromatic rings. The number of fused-ring (bicyclic) bond motifs is 4. The number of methoxy groups -OCH3 is 1. The molecule has 17 nitrogen and oxygen atoms in total. The average Bonchev–Trinajstić information content (AvgIpc) is 3.79. The van der Waals surface area contributed by atoms with Crippen LogP contribution in [0.3, 0.4) is 0 Å². The van der Waals surface area contributed by atoms with Crippen LogP contribution in [0, 0.1) is 5.92 Å². The summed E-state index contributed by atoms with van der Waals surface area (Å²) in [6, 6.07) is 36.4. The number of rotatable bonds is 16. The Hall–Kier alpha value is -8.25. The van der Waals surface area contributed by atoms with E-state index in [9.17, 15) is 27.9 Å². The van der Waals surface area contributed by atoms with Crippen molar-refractivity contribution in [1.29, 1.82) is 0 Å². The third-order valence-electron chi connectivity index (χ3n) is 13.2. The molecule has 4 amide bonds. The third-order valence-corrected chi connectivity index (χ3v) is 14.6. The van der Waals surface area contributed by atoms with E-state index in [1.807, 2.05) is 78.9 Å². The van der Waals surface area contributed by atoms with Crippen LogP contribution in [0.1, 0.15) is 50.7 Å². The fraction of sp³-hybridized carbons (Fsp3) is 0.286. The summed E-state index contributed by atoms with van der Waals surface area (Å²) < 4.78 is 52.4. The van der Waals surface area contributed by atoms with E-state index in [0.29, 0.717) is 28.1 Å². The smallest absolute Gasteiger partial charge is 0.407 e. The van der Waals surface area contributed by atoms with Crippen molar-refractivity contribution in [2.45, 2.75) is 73.8 Å². The molecule has 3 N–H and O–H groups in total. The van der Waals surface area contributed by atoms with E-state index in [1.54, 1.807) is 58.2 Å². The molecule has 0 bridgehead atoms. The van der Waals surface area contributed by atoms with Gasteiger partial charge >= 0.3 is 6.09 Å². The predicted octanol–water partition coefficient (Wildman–Crippen LogP) is 6.26. The summed E-state index contributed by atoms with van der Waals surface area (Å²) in [6.07, 6.45) is -1.59. The fourth-order valence-electron chi connectivity index (χ4n) is 9.55. The van der Waals surface area contributed by atoms with Crippen molar-refractivity contribution in [3.05, 3.63) is 157 Å². The minimum atomic E-state index is -4.37. The molecule has 2 aliphatic carbocycles. The molecule has 2 heterocycles. The first-order valence-corrected chi connectivity index (χ1v) is 25.6. The van der Waals surface area contributed by atoms with Crippen LogP contribution >= 0.6 is 0 Å². The van der Waals surface area contributed by atoms with Gasteiger partial charge in [-0.15, -0.1) is 6.58 Å².